The first-order valence-corrected chi connectivity index (χ1v) is 7.16. The summed E-state index contributed by atoms with van der Waals surface area (Å²) in [6.45, 7) is 2.45. The van der Waals surface area contributed by atoms with Crippen molar-refractivity contribution in [2.45, 2.75) is 13.3 Å². The Morgan fingerprint density at radius 2 is 2.35 bits per heavy atom. The number of aromatic nitrogens is 1. The zero-order valence-electron chi connectivity index (χ0n) is 10.8. The minimum Gasteiger partial charge on any atom is -0.492 e. The third kappa shape index (κ3) is 3.40. The van der Waals surface area contributed by atoms with E-state index in [9.17, 15) is 0 Å². The van der Waals surface area contributed by atoms with Gasteiger partial charge in [0.05, 0.1) is 23.4 Å². The van der Waals surface area contributed by atoms with Crippen LogP contribution in [0.1, 0.15) is 16.1 Å². The molecule has 20 heavy (non-hydrogen) atoms. The van der Waals surface area contributed by atoms with Crippen LogP contribution in [0.15, 0.2) is 28.9 Å². The first-order valence-electron chi connectivity index (χ1n) is 5.91. The number of nitrogens with two attached hydrogens (primary N) is 1. The molecule has 0 saturated heterocycles. The third-order valence-electron chi connectivity index (χ3n) is 2.76. The fourth-order valence-corrected chi connectivity index (χ4v) is 2.64. The van der Waals surface area contributed by atoms with Gasteiger partial charge in [-0.25, -0.2) is 4.98 Å². The van der Waals surface area contributed by atoms with Gasteiger partial charge in [0.1, 0.15) is 5.75 Å². The molecule has 0 aliphatic rings. The molecule has 3 N–H and O–H groups in total. The quantitative estimate of drug-likeness (QED) is 0.385. The molecule has 0 amide bonds. The molecule has 1 aromatic carbocycles. The predicted molar refractivity (Wildman–Crippen MR) is 80.0 cm³/mol. The molecule has 1 aromatic heterocycles. The molecule has 1 heterocycles. The standard InChI is InChI=1S/C13H14ClN3O2S/c1-8-12(20-7-16-8)4-5-19-11-3-2-9(14)6-10(11)13(15)17-18/h2-3,6-7,18H,4-5H2,1H3,(H2,15,17). The van der Waals surface area contributed by atoms with Gasteiger partial charge in [-0.3, -0.25) is 0 Å². The monoisotopic (exact) mass is 311 g/mol. The molecule has 7 heteroatoms. The first kappa shape index (κ1) is 14.6. The number of thiazole rings is 1. The van der Waals surface area contributed by atoms with Crippen LogP contribution >= 0.6 is 22.9 Å². The van der Waals surface area contributed by atoms with Gasteiger partial charge in [-0.2, -0.15) is 0 Å². The molecule has 0 aliphatic heterocycles. The second-order valence-electron chi connectivity index (χ2n) is 4.09. The Kier molecular flexibility index (Phi) is 4.81. The van der Waals surface area contributed by atoms with E-state index in [2.05, 4.69) is 10.1 Å². The lowest BCUT2D eigenvalue weighted by molar-refractivity contribution is 0.314. The summed E-state index contributed by atoms with van der Waals surface area (Å²) < 4.78 is 5.69. The van der Waals surface area contributed by atoms with Crippen molar-refractivity contribution < 1.29 is 9.94 Å². The summed E-state index contributed by atoms with van der Waals surface area (Å²) in [5.41, 5.74) is 8.92. The van der Waals surface area contributed by atoms with Crippen LogP contribution in [0.2, 0.25) is 5.02 Å². The van der Waals surface area contributed by atoms with Crippen LogP contribution in [0.4, 0.5) is 0 Å². The number of oxime groups is 1. The smallest absolute Gasteiger partial charge is 0.173 e. The van der Waals surface area contributed by atoms with E-state index in [0.29, 0.717) is 22.9 Å². The molecule has 0 saturated carbocycles. The minimum atomic E-state index is -0.0310. The van der Waals surface area contributed by atoms with Crippen LogP contribution in [0.5, 0.6) is 5.75 Å². The van der Waals surface area contributed by atoms with E-state index in [1.807, 2.05) is 12.4 Å². The zero-order chi connectivity index (χ0) is 14.5. The largest absolute Gasteiger partial charge is 0.492 e. The second-order valence-corrected chi connectivity index (χ2v) is 5.46. The van der Waals surface area contributed by atoms with E-state index in [-0.39, 0.29) is 5.84 Å². The Bertz CT molecular complexity index is 628. The van der Waals surface area contributed by atoms with Crippen LogP contribution in [0, 0.1) is 6.92 Å². The molecular formula is C13H14ClN3O2S. The highest BCUT2D eigenvalue weighted by molar-refractivity contribution is 7.09. The molecule has 0 unspecified atom stereocenters. The van der Waals surface area contributed by atoms with Gasteiger partial charge in [0, 0.05) is 16.3 Å². The molecule has 2 rings (SSSR count). The van der Waals surface area contributed by atoms with E-state index in [4.69, 9.17) is 27.3 Å². The lowest BCUT2D eigenvalue weighted by Crippen LogP contribution is -2.15. The molecule has 0 fully saturated rings. The molecular weight excluding hydrogens is 298 g/mol. The predicted octanol–water partition coefficient (Wildman–Crippen LogP) is 2.82. The Hall–Kier alpha value is -1.79. The van der Waals surface area contributed by atoms with E-state index in [1.165, 1.54) is 4.88 Å². The lowest BCUT2D eigenvalue weighted by atomic mass is 10.2. The SMILES string of the molecule is Cc1ncsc1CCOc1ccc(Cl)cc1C(N)=NO. The highest BCUT2D eigenvalue weighted by Crippen LogP contribution is 2.23. The van der Waals surface area contributed by atoms with Crippen molar-refractivity contribution in [3.63, 3.8) is 0 Å². The Balaban J connectivity index is 2.08. The lowest BCUT2D eigenvalue weighted by Gasteiger charge is -2.10. The molecule has 0 spiro atoms. The average Bonchev–Trinajstić information content (AvgIpc) is 2.85. The number of hydrogen-bond acceptors (Lipinski definition) is 5. The summed E-state index contributed by atoms with van der Waals surface area (Å²) in [4.78, 5) is 5.37. The van der Waals surface area contributed by atoms with Crippen molar-refractivity contribution in [3.8, 4) is 5.75 Å². The Morgan fingerprint density at radius 3 is 3.00 bits per heavy atom. The van der Waals surface area contributed by atoms with Gasteiger partial charge >= 0.3 is 0 Å². The first-order chi connectivity index (χ1) is 9.61. The number of rotatable bonds is 5. The fourth-order valence-electron chi connectivity index (χ4n) is 1.70. The van der Waals surface area contributed by atoms with Crippen molar-refractivity contribution in [1.82, 2.24) is 4.98 Å². The van der Waals surface area contributed by atoms with Crippen LogP contribution < -0.4 is 10.5 Å². The minimum absolute atomic E-state index is 0.0310. The van der Waals surface area contributed by atoms with Crippen LogP contribution in [0.3, 0.4) is 0 Å². The highest BCUT2D eigenvalue weighted by atomic mass is 35.5. The molecule has 5 nitrogen and oxygen atoms in total. The maximum absolute atomic E-state index is 8.77. The van der Waals surface area contributed by atoms with Crippen molar-refractivity contribution in [2.75, 3.05) is 6.61 Å². The number of hydrogen-bond donors (Lipinski definition) is 2. The molecule has 0 atom stereocenters. The maximum atomic E-state index is 8.77. The van der Waals surface area contributed by atoms with Gasteiger partial charge in [-0.05, 0) is 25.1 Å². The number of benzene rings is 1. The normalized spacial score (nSPS) is 11.6. The zero-order valence-corrected chi connectivity index (χ0v) is 12.4. The van der Waals surface area contributed by atoms with Gasteiger partial charge in [0.2, 0.25) is 0 Å². The maximum Gasteiger partial charge on any atom is 0.173 e. The highest BCUT2D eigenvalue weighted by Gasteiger charge is 2.10. The number of aryl methyl sites for hydroxylation is 1. The van der Waals surface area contributed by atoms with Crippen molar-refractivity contribution in [2.24, 2.45) is 10.9 Å². The van der Waals surface area contributed by atoms with Crippen molar-refractivity contribution >= 4 is 28.8 Å². The van der Waals surface area contributed by atoms with E-state index < -0.39 is 0 Å². The summed E-state index contributed by atoms with van der Waals surface area (Å²) in [5, 5.41) is 12.3. The second kappa shape index (κ2) is 6.58. The summed E-state index contributed by atoms with van der Waals surface area (Å²) in [6.07, 6.45) is 0.759. The summed E-state index contributed by atoms with van der Waals surface area (Å²) in [7, 11) is 0. The van der Waals surface area contributed by atoms with Crippen LogP contribution in [-0.2, 0) is 6.42 Å². The molecule has 0 aliphatic carbocycles. The Labute approximate surface area is 125 Å². The summed E-state index contributed by atoms with van der Waals surface area (Å²) in [6, 6.07) is 5.00. The number of nitrogens with zero attached hydrogens (tertiary/aromatic N) is 2. The average molecular weight is 312 g/mol. The molecule has 0 bridgehead atoms. The van der Waals surface area contributed by atoms with E-state index in [1.54, 1.807) is 29.5 Å². The van der Waals surface area contributed by atoms with Crippen molar-refractivity contribution in [3.05, 3.63) is 44.9 Å². The van der Waals surface area contributed by atoms with Gasteiger partial charge in [0.15, 0.2) is 5.84 Å². The molecule has 106 valence electrons. The van der Waals surface area contributed by atoms with E-state index in [0.717, 1.165) is 12.1 Å². The van der Waals surface area contributed by atoms with Crippen LogP contribution in [-0.4, -0.2) is 22.6 Å². The summed E-state index contributed by atoms with van der Waals surface area (Å²) >= 11 is 7.50. The van der Waals surface area contributed by atoms with Gasteiger partial charge in [-0.15, -0.1) is 11.3 Å². The summed E-state index contributed by atoms with van der Waals surface area (Å²) in [5.74, 6) is 0.503. The fraction of sp³-hybridized carbons (Fsp3) is 0.231. The number of amidine groups is 1. The van der Waals surface area contributed by atoms with Crippen LogP contribution in [0.25, 0.3) is 0 Å². The third-order valence-corrected chi connectivity index (χ3v) is 3.99. The topological polar surface area (TPSA) is 80.7 Å². The van der Waals surface area contributed by atoms with Gasteiger partial charge in [0.25, 0.3) is 0 Å². The van der Waals surface area contributed by atoms with Crippen molar-refractivity contribution in [1.29, 1.82) is 0 Å². The van der Waals surface area contributed by atoms with Gasteiger partial charge < -0.3 is 15.7 Å². The number of ether oxygens (including phenoxy) is 1. The number of halogens is 1. The molecule has 2 aromatic rings. The molecule has 0 radical (unpaired) electrons. The Morgan fingerprint density at radius 1 is 1.55 bits per heavy atom. The van der Waals surface area contributed by atoms with Gasteiger partial charge in [-0.1, -0.05) is 16.8 Å². The van der Waals surface area contributed by atoms with E-state index >= 15 is 0 Å².